The quantitative estimate of drug-likeness (QED) is 0.429. The molecule has 2 heterocycles. The van der Waals surface area contributed by atoms with E-state index >= 15 is 0 Å². The molecule has 0 radical (unpaired) electrons. The molecule has 34 heavy (non-hydrogen) atoms. The standard InChI is InChI=1S/C26H28O8/c1-5-16(2)24(27)34-26(13-18-7-9-21-23(12-18)33-15-32-21)19(14-31-25(26)28)10-17-6-8-20(29-3)22(11-17)30-4/h5-9,11-12,19H,10,13-15H2,1-4H3/b16-5-/t19-,26-/m0/s1. The highest BCUT2D eigenvalue weighted by molar-refractivity contribution is 5.92. The number of esters is 2. The van der Waals surface area contributed by atoms with E-state index in [0.717, 1.165) is 11.1 Å². The number of hydrogen-bond acceptors (Lipinski definition) is 8. The molecule has 180 valence electrons. The van der Waals surface area contributed by atoms with Gasteiger partial charge in [-0.25, -0.2) is 9.59 Å². The van der Waals surface area contributed by atoms with E-state index in [1.165, 1.54) is 0 Å². The number of cyclic esters (lactones) is 1. The van der Waals surface area contributed by atoms with Gasteiger partial charge in [-0.05, 0) is 55.7 Å². The maximum Gasteiger partial charge on any atom is 0.351 e. The first-order valence-electron chi connectivity index (χ1n) is 11.0. The van der Waals surface area contributed by atoms with E-state index in [0.29, 0.717) is 35.0 Å². The monoisotopic (exact) mass is 468 g/mol. The molecular formula is C26H28O8. The highest BCUT2D eigenvalue weighted by Gasteiger charge is 2.56. The lowest BCUT2D eigenvalue weighted by Crippen LogP contribution is -2.48. The van der Waals surface area contributed by atoms with Gasteiger partial charge in [0.15, 0.2) is 23.0 Å². The van der Waals surface area contributed by atoms with Crippen molar-refractivity contribution in [2.24, 2.45) is 5.92 Å². The van der Waals surface area contributed by atoms with Crippen molar-refractivity contribution in [2.75, 3.05) is 27.6 Å². The number of fused-ring (bicyclic) bond motifs is 1. The topological polar surface area (TPSA) is 89.5 Å². The molecule has 2 aliphatic rings. The van der Waals surface area contributed by atoms with Gasteiger partial charge < -0.3 is 28.4 Å². The largest absolute Gasteiger partial charge is 0.493 e. The molecule has 8 nitrogen and oxygen atoms in total. The second kappa shape index (κ2) is 9.67. The maximum absolute atomic E-state index is 13.2. The number of carbonyl (C=O) groups is 2. The number of hydrogen-bond donors (Lipinski definition) is 0. The van der Waals surface area contributed by atoms with Crippen LogP contribution in [0.15, 0.2) is 48.0 Å². The highest BCUT2D eigenvalue weighted by Crippen LogP contribution is 2.40. The van der Waals surface area contributed by atoms with Crippen LogP contribution in [-0.4, -0.2) is 45.2 Å². The molecule has 4 rings (SSSR count). The van der Waals surface area contributed by atoms with Crippen molar-refractivity contribution in [2.45, 2.75) is 32.3 Å². The second-order valence-electron chi connectivity index (χ2n) is 8.30. The fourth-order valence-electron chi connectivity index (χ4n) is 4.21. The van der Waals surface area contributed by atoms with Crippen LogP contribution in [-0.2, 0) is 31.9 Å². The highest BCUT2D eigenvalue weighted by atomic mass is 16.7. The Kier molecular flexibility index (Phi) is 6.68. The molecule has 0 N–H and O–H groups in total. The fourth-order valence-corrected chi connectivity index (χ4v) is 4.21. The van der Waals surface area contributed by atoms with Gasteiger partial charge in [0.05, 0.1) is 20.8 Å². The van der Waals surface area contributed by atoms with E-state index in [2.05, 4.69) is 0 Å². The number of benzene rings is 2. The minimum atomic E-state index is -1.50. The van der Waals surface area contributed by atoms with Crippen LogP contribution in [0.2, 0.25) is 0 Å². The first-order chi connectivity index (χ1) is 16.4. The van der Waals surface area contributed by atoms with Crippen molar-refractivity contribution in [1.29, 1.82) is 0 Å². The Bertz CT molecular complexity index is 1120. The molecule has 2 aromatic rings. The summed E-state index contributed by atoms with van der Waals surface area (Å²) in [6.07, 6.45) is 2.22. The predicted molar refractivity (Wildman–Crippen MR) is 122 cm³/mol. The first kappa shape index (κ1) is 23.5. The molecule has 0 saturated carbocycles. The van der Waals surface area contributed by atoms with Crippen LogP contribution in [0.25, 0.3) is 0 Å². The summed E-state index contributed by atoms with van der Waals surface area (Å²) >= 11 is 0. The third kappa shape index (κ3) is 4.40. The Hall–Kier alpha value is -3.68. The van der Waals surface area contributed by atoms with E-state index in [-0.39, 0.29) is 19.8 Å². The number of allylic oxidation sites excluding steroid dienone is 1. The summed E-state index contributed by atoms with van der Waals surface area (Å²) in [7, 11) is 3.13. The van der Waals surface area contributed by atoms with E-state index in [4.69, 9.17) is 28.4 Å². The van der Waals surface area contributed by atoms with Gasteiger partial charge in [-0.15, -0.1) is 0 Å². The average Bonchev–Trinajstić information content (AvgIpc) is 3.43. The van der Waals surface area contributed by atoms with Crippen molar-refractivity contribution >= 4 is 11.9 Å². The van der Waals surface area contributed by atoms with Gasteiger partial charge in [0.25, 0.3) is 0 Å². The van der Waals surface area contributed by atoms with Gasteiger partial charge in [0.1, 0.15) is 0 Å². The molecule has 2 aliphatic heterocycles. The zero-order valence-electron chi connectivity index (χ0n) is 19.7. The smallest absolute Gasteiger partial charge is 0.351 e. The van der Waals surface area contributed by atoms with Gasteiger partial charge in [0.2, 0.25) is 12.4 Å². The van der Waals surface area contributed by atoms with Crippen molar-refractivity contribution in [1.82, 2.24) is 0 Å². The van der Waals surface area contributed by atoms with Crippen LogP contribution >= 0.6 is 0 Å². The third-order valence-electron chi connectivity index (χ3n) is 6.28. The minimum absolute atomic E-state index is 0.125. The molecule has 8 heteroatoms. The molecule has 0 amide bonds. The molecule has 1 fully saturated rings. The molecule has 0 aliphatic carbocycles. The lowest BCUT2D eigenvalue weighted by molar-refractivity contribution is -0.172. The number of rotatable bonds is 8. The second-order valence-corrected chi connectivity index (χ2v) is 8.30. The minimum Gasteiger partial charge on any atom is -0.493 e. The predicted octanol–water partition coefficient (Wildman–Crippen LogP) is 3.64. The normalized spacial score (nSPS) is 21.2. The van der Waals surface area contributed by atoms with Crippen LogP contribution in [0, 0.1) is 5.92 Å². The Labute approximate surface area is 198 Å². The van der Waals surface area contributed by atoms with Crippen LogP contribution in [0.5, 0.6) is 23.0 Å². The van der Waals surface area contributed by atoms with Crippen molar-refractivity contribution in [3.05, 3.63) is 59.2 Å². The maximum atomic E-state index is 13.2. The molecule has 1 saturated heterocycles. The van der Waals surface area contributed by atoms with Gasteiger partial charge in [-0.3, -0.25) is 0 Å². The Morgan fingerprint density at radius 3 is 2.50 bits per heavy atom. The zero-order valence-corrected chi connectivity index (χ0v) is 19.7. The molecule has 0 aromatic heterocycles. The SMILES string of the molecule is C/C=C(/C)C(=O)O[C@]1(Cc2ccc3c(c2)OCO3)C(=O)OC[C@@H]1Cc1ccc(OC)c(OC)c1. The van der Waals surface area contributed by atoms with Gasteiger partial charge in [0, 0.05) is 17.9 Å². The van der Waals surface area contributed by atoms with Crippen LogP contribution in [0.1, 0.15) is 25.0 Å². The lowest BCUT2D eigenvalue weighted by atomic mass is 9.80. The molecule has 0 bridgehead atoms. The van der Waals surface area contributed by atoms with Crippen LogP contribution < -0.4 is 18.9 Å². The number of methoxy groups -OCH3 is 2. The molecular weight excluding hydrogens is 440 g/mol. The van der Waals surface area contributed by atoms with Crippen molar-refractivity contribution in [3.63, 3.8) is 0 Å². The number of ether oxygens (including phenoxy) is 6. The van der Waals surface area contributed by atoms with Crippen molar-refractivity contribution < 1.29 is 38.0 Å². The average molecular weight is 469 g/mol. The number of carbonyl (C=O) groups excluding carboxylic acids is 2. The lowest BCUT2D eigenvalue weighted by Gasteiger charge is -2.31. The summed E-state index contributed by atoms with van der Waals surface area (Å²) in [4.78, 5) is 26.0. The van der Waals surface area contributed by atoms with Gasteiger partial charge >= 0.3 is 11.9 Å². The van der Waals surface area contributed by atoms with Crippen LogP contribution in [0.3, 0.4) is 0 Å². The summed E-state index contributed by atoms with van der Waals surface area (Å²) in [6, 6.07) is 11.0. The molecule has 0 spiro atoms. The third-order valence-corrected chi connectivity index (χ3v) is 6.28. The summed E-state index contributed by atoms with van der Waals surface area (Å²) < 4.78 is 33.1. The molecule has 0 unspecified atom stereocenters. The van der Waals surface area contributed by atoms with Gasteiger partial charge in [-0.2, -0.15) is 0 Å². The fraction of sp³-hybridized carbons (Fsp3) is 0.385. The summed E-state index contributed by atoms with van der Waals surface area (Å²) in [5, 5.41) is 0. The van der Waals surface area contributed by atoms with E-state index in [9.17, 15) is 9.59 Å². The molecule has 2 atom stereocenters. The van der Waals surface area contributed by atoms with Gasteiger partial charge in [-0.1, -0.05) is 18.2 Å². The van der Waals surface area contributed by atoms with E-state index in [1.807, 2.05) is 18.2 Å². The Balaban J connectivity index is 1.70. The Morgan fingerprint density at radius 1 is 1.03 bits per heavy atom. The zero-order chi connectivity index (χ0) is 24.3. The Morgan fingerprint density at radius 2 is 1.76 bits per heavy atom. The first-order valence-corrected chi connectivity index (χ1v) is 11.0. The van der Waals surface area contributed by atoms with E-state index < -0.39 is 23.5 Å². The van der Waals surface area contributed by atoms with Crippen molar-refractivity contribution in [3.8, 4) is 23.0 Å². The summed E-state index contributed by atoms with van der Waals surface area (Å²) in [5.41, 5.74) is 0.582. The van der Waals surface area contributed by atoms with Crippen LogP contribution in [0.4, 0.5) is 0 Å². The van der Waals surface area contributed by atoms with E-state index in [1.54, 1.807) is 52.3 Å². The summed E-state index contributed by atoms with van der Waals surface area (Å²) in [5.74, 6) is 0.867. The molecule has 2 aromatic carbocycles. The summed E-state index contributed by atoms with van der Waals surface area (Å²) in [6.45, 7) is 3.67.